The summed E-state index contributed by atoms with van der Waals surface area (Å²) in [4.78, 5) is 14.4. The van der Waals surface area contributed by atoms with Crippen LogP contribution >= 0.6 is 24.0 Å². The fraction of sp³-hybridized carbons (Fsp3) is 0.368. The van der Waals surface area contributed by atoms with Crippen LogP contribution in [0.4, 0.5) is 5.69 Å². The summed E-state index contributed by atoms with van der Waals surface area (Å²) in [6.45, 7) is 5.89. The minimum Gasteiger partial charge on any atom is -0.358 e. The van der Waals surface area contributed by atoms with Crippen LogP contribution in [-0.2, 0) is 17.6 Å². The summed E-state index contributed by atoms with van der Waals surface area (Å²) in [5.41, 5.74) is 3.67. The Morgan fingerprint density at radius 2 is 1.88 bits per heavy atom. The Balaban J connectivity index is 1.70. The number of amides is 1. The van der Waals surface area contributed by atoms with Gasteiger partial charge in [0.05, 0.1) is 5.75 Å². The topological polar surface area (TPSA) is 32.3 Å². The van der Waals surface area contributed by atoms with E-state index in [0.717, 1.165) is 41.3 Å². The molecule has 0 aromatic heterocycles. The summed E-state index contributed by atoms with van der Waals surface area (Å²) in [7, 11) is 0. The molecule has 2 aromatic carbocycles. The van der Waals surface area contributed by atoms with Crippen LogP contribution in [0.2, 0.25) is 0 Å². The van der Waals surface area contributed by atoms with E-state index in [-0.39, 0.29) is 5.91 Å². The van der Waals surface area contributed by atoms with Crippen LogP contribution in [0.3, 0.4) is 0 Å². The maximum Gasteiger partial charge on any atom is 0.234 e. The Hall–Kier alpha value is -1.59. The van der Waals surface area contributed by atoms with E-state index in [1.54, 1.807) is 0 Å². The molecule has 3 rings (SSSR count). The third-order valence-corrected chi connectivity index (χ3v) is 6.02. The minimum atomic E-state index is -0.00629. The van der Waals surface area contributed by atoms with Crippen LogP contribution in [0.25, 0.3) is 10.8 Å². The van der Waals surface area contributed by atoms with Crippen molar-refractivity contribution in [3.8, 4) is 0 Å². The summed E-state index contributed by atoms with van der Waals surface area (Å²) in [5, 5.41) is 5.53. The van der Waals surface area contributed by atoms with Crippen molar-refractivity contribution < 1.29 is 4.79 Å². The number of benzene rings is 2. The molecule has 0 saturated heterocycles. The first-order chi connectivity index (χ1) is 11.6. The Bertz CT molecular complexity index is 774. The van der Waals surface area contributed by atoms with Gasteiger partial charge in [0.2, 0.25) is 5.91 Å². The number of hydrogen-bond donors (Lipinski definition) is 1. The van der Waals surface area contributed by atoms with E-state index in [4.69, 9.17) is 12.2 Å². The monoisotopic (exact) mass is 358 g/mol. The van der Waals surface area contributed by atoms with Gasteiger partial charge in [0.25, 0.3) is 0 Å². The van der Waals surface area contributed by atoms with E-state index in [0.29, 0.717) is 5.75 Å². The number of nitrogens with zero attached hydrogens (tertiary/aromatic N) is 1. The molecule has 0 saturated carbocycles. The van der Waals surface area contributed by atoms with Gasteiger partial charge in [-0.15, -0.1) is 0 Å². The molecule has 1 N–H and O–H groups in total. The van der Waals surface area contributed by atoms with E-state index in [1.165, 1.54) is 28.3 Å². The van der Waals surface area contributed by atoms with Gasteiger partial charge in [-0.25, -0.2) is 0 Å². The lowest BCUT2D eigenvalue weighted by Crippen LogP contribution is -2.28. The van der Waals surface area contributed by atoms with Gasteiger partial charge >= 0.3 is 0 Å². The number of carbonyl (C=O) groups is 1. The van der Waals surface area contributed by atoms with E-state index >= 15 is 0 Å². The summed E-state index contributed by atoms with van der Waals surface area (Å²) in [6.07, 6.45) is 2.19. The summed E-state index contributed by atoms with van der Waals surface area (Å²) in [6, 6.07) is 10.5. The second kappa shape index (κ2) is 7.53. The third-order valence-electron chi connectivity index (χ3n) is 4.50. The van der Waals surface area contributed by atoms with Crippen LogP contribution in [-0.4, -0.2) is 34.0 Å². The first-order valence-corrected chi connectivity index (χ1v) is 9.78. The van der Waals surface area contributed by atoms with E-state index < -0.39 is 0 Å². The lowest BCUT2D eigenvalue weighted by atomic mass is 10.0. The predicted molar refractivity (Wildman–Crippen MR) is 108 cm³/mol. The summed E-state index contributed by atoms with van der Waals surface area (Å²) >= 11 is 6.82. The van der Waals surface area contributed by atoms with Gasteiger partial charge in [-0.3, -0.25) is 4.79 Å². The van der Waals surface area contributed by atoms with Crippen LogP contribution in [0, 0.1) is 0 Å². The molecule has 0 aliphatic heterocycles. The van der Waals surface area contributed by atoms with Crippen molar-refractivity contribution >= 4 is 50.7 Å². The lowest BCUT2D eigenvalue weighted by Gasteiger charge is -2.20. The second-order valence-corrected chi connectivity index (χ2v) is 7.50. The Morgan fingerprint density at radius 3 is 2.58 bits per heavy atom. The minimum absolute atomic E-state index is 0.00629. The van der Waals surface area contributed by atoms with E-state index in [9.17, 15) is 4.79 Å². The van der Waals surface area contributed by atoms with E-state index in [2.05, 4.69) is 48.3 Å². The van der Waals surface area contributed by atoms with Gasteiger partial charge in [-0.05, 0) is 49.3 Å². The van der Waals surface area contributed by atoms with Crippen molar-refractivity contribution in [1.29, 1.82) is 0 Å². The largest absolute Gasteiger partial charge is 0.358 e. The lowest BCUT2D eigenvalue weighted by molar-refractivity contribution is -0.113. The predicted octanol–water partition coefficient (Wildman–Crippen LogP) is 4.24. The first kappa shape index (κ1) is 17.2. The molecule has 3 nitrogen and oxygen atoms in total. The summed E-state index contributed by atoms with van der Waals surface area (Å²) in [5.74, 6) is 0.339. The van der Waals surface area contributed by atoms with Gasteiger partial charge < -0.3 is 10.2 Å². The van der Waals surface area contributed by atoms with Crippen molar-refractivity contribution in [3.05, 3.63) is 41.5 Å². The normalized spacial score (nSPS) is 12.4. The fourth-order valence-corrected chi connectivity index (χ4v) is 4.44. The van der Waals surface area contributed by atoms with E-state index in [1.807, 2.05) is 6.07 Å². The highest BCUT2D eigenvalue weighted by Gasteiger charge is 2.17. The molecular formula is C19H22N2OS2. The number of rotatable bonds is 5. The van der Waals surface area contributed by atoms with Gasteiger partial charge in [0.1, 0.15) is 4.32 Å². The van der Waals surface area contributed by atoms with Gasteiger partial charge in [-0.2, -0.15) is 0 Å². The molecule has 24 heavy (non-hydrogen) atoms. The zero-order chi connectivity index (χ0) is 17.1. The molecule has 1 aliphatic rings. The first-order valence-electron chi connectivity index (χ1n) is 8.39. The van der Waals surface area contributed by atoms with Crippen LogP contribution in [0.15, 0.2) is 30.3 Å². The Labute approximate surface area is 152 Å². The quantitative estimate of drug-likeness (QED) is 0.811. The molecule has 126 valence electrons. The molecule has 0 bridgehead atoms. The van der Waals surface area contributed by atoms with Gasteiger partial charge in [0.15, 0.2) is 0 Å². The number of nitrogens with one attached hydrogen (secondary N) is 1. The molecule has 0 unspecified atom stereocenters. The molecule has 0 spiro atoms. The Kier molecular flexibility index (Phi) is 5.41. The van der Waals surface area contributed by atoms with Crippen molar-refractivity contribution in [2.75, 3.05) is 24.2 Å². The third kappa shape index (κ3) is 3.42. The fourth-order valence-electron chi connectivity index (χ4n) is 3.24. The highest BCUT2D eigenvalue weighted by molar-refractivity contribution is 8.23. The van der Waals surface area contributed by atoms with Crippen molar-refractivity contribution in [2.45, 2.75) is 26.7 Å². The van der Waals surface area contributed by atoms with Crippen molar-refractivity contribution in [2.24, 2.45) is 0 Å². The van der Waals surface area contributed by atoms with Crippen molar-refractivity contribution in [1.82, 2.24) is 4.90 Å². The smallest absolute Gasteiger partial charge is 0.234 e. The average molecular weight is 359 g/mol. The van der Waals surface area contributed by atoms with Crippen molar-refractivity contribution in [3.63, 3.8) is 0 Å². The maximum absolute atomic E-state index is 12.3. The molecule has 0 radical (unpaired) electrons. The zero-order valence-corrected chi connectivity index (χ0v) is 15.7. The van der Waals surface area contributed by atoms with Crippen LogP contribution in [0.5, 0.6) is 0 Å². The number of thioether (sulfide) groups is 1. The second-order valence-electron chi connectivity index (χ2n) is 5.89. The molecule has 1 aliphatic carbocycles. The Morgan fingerprint density at radius 1 is 1.17 bits per heavy atom. The number of thiocarbonyl (C=S) groups is 1. The number of aryl methyl sites for hydroxylation is 2. The molecule has 0 atom stereocenters. The van der Waals surface area contributed by atoms with Crippen LogP contribution < -0.4 is 5.32 Å². The molecule has 0 fully saturated rings. The maximum atomic E-state index is 12.3. The zero-order valence-electron chi connectivity index (χ0n) is 14.1. The SMILES string of the molecule is CCN(CC)C(=S)SCC(=O)Nc1ccc2c3c(cccc13)CC2. The van der Waals surface area contributed by atoms with Gasteiger partial charge in [0, 0.05) is 24.2 Å². The molecule has 2 aromatic rings. The number of carbonyl (C=O) groups excluding carboxylic acids is 1. The highest BCUT2D eigenvalue weighted by atomic mass is 32.2. The molecule has 0 heterocycles. The average Bonchev–Trinajstić information content (AvgIpc) is 3.01. The highest BCUT2D eigenvalue weighted by Crippen LogP contribution is 2.35. The summed E-state index contributed by atoms with van der Waals surface area (Å²) < 4.78 is 0.788. The number of anilines is 1. The molecule has 5 heteroatoms. The van der Waals surface area contributed by atoms with Gasteiger partial charge in [-0.1, -0.05) is 48.2 Å². The van der Waals surface area contributed by atoms with Crippen LogP contribution in [0.1, 0.15) is 25.0 Å². The standard InChI is InChI=1S/C19H22N2OS2/c1-3-21(4-2)19(23)24-12-17(22)20-16-11-10-14-9-8-13-6-5-7-15(16)18(13)14/h5-7,10-11H,3-4,8-9,12H2,1-2H3,(H,20,22). The molecule has 1 amide bonds. The number of hydrogen-bond acceptors (Lipinski definition) is 3. The molecular weight excluding hydrogens is 336 g/mol.